The lowest BCUT2D eigenvalue weighted by atomic mass is 10.1. The van der Waals surface area contributed by atoms with Crippen molar-refractivity contribution in [2.75, 3.05) is 61.5 Å². The Kier molecular flexibility index (Phi) is 8.94. The molecule has 3 amide bonds. The summed E-state index contributed by atoms with van der Waals surface area (Å²) in [4.78, 5) is 39.5. The van der Waals surface area contributed by atoms with Gasteiger partial charge in [0.05, 0.1) is 13.2 Å². The fourth-order valence-corrected chi connectivity index (χ4v) is 5.74. The summed E-state index contributed by atoms with van der Waals surface area (Å²) < 4.78 is 7.28. The van der Waals surface area contributed by atoms with E-state index in [0.717, 1.165) is 44.0 Å². The average molecular weight is 599 g/mol. The molecule has 0 saturated carbocycles. The maximum atomic E-state index is 12.7. The number of carbonyl (C=O) groups is 2. The SMILES string of the molecule is CCN1CCCC1CNC(=O)c1ccc(NC(=O)Nc2ccc(-c3nc(N4CCOCC4)c4nnn(CC)c4n3)cc2)cc1. The van der Waals surface area contributed by atoms with Crippen LogP contribution in [0.4, 0.5) is 22.0 Å². The van der Waals surface area contributed by atoms with Crippen LogP contribution in [0.5, 0.6) is 0 Å². The molecule has 0 radical (unpaired) electrons. The Bertz CT molecular complexity index is 1600. The van der Waals surface area contributed by atoms with Crippen molar-refractivity contribution in [1.29, 1.82) is 0 Å². The molecule has 3 N–H and O–H groups in total. The zero-order chi connectivity index (χ0) is 30.5. The quantitative estimate of drug-likeness (QED) is 0.263. The van der Waals surface area contributed by atoms with Crippen molar-refractivity contribution in [2.45, 2.75) is 39.3 Å². The zero-order valence-electron chi connectivity index (χ0n) is 25.1. The summed E-state index contributed by atoms with van der Waals surface area (Å²) in [7, 11) is 0. The standard InChI is InChI=1S/C31H38N10O3/c1-3-39-15-5-6-25(39)20-32-30(42)22-9-13-24(14-10-22)34-31(43)33-23-11-7-21(8-12-23)27-35-28(40-16-18-44-19-17-40)26-29(36-27)41(4-2)38-37-26/h7-14,25H,3-6,15-20H2,1-2H3,(H,32,42)(H2,33,34,43). The van der Waals surface area contributed by atoms with Gasteiger partial charge in [0.15, 0.2) is 22.8 Å². The highest BCUT2D eigenvalue weighted by Crippen LogP contribution is 2.27. The number of amides is 3. The number of urea groups is 1. The predicted octanol–water partition coefficient (Wildman–Crippen LogP) is 3.60. The fourth-order valence-electron chi connectivity index (χ4n) is 5.74. The summed E-state index contributed by atoms with van der Waals surface area (Å²) in [5.41, 5.74) is 3.92. The lowest BCUT2D eigenvalue weighted by molar-refractivity contribution is 0.0941. The Morgan fingerprint density at radius 3 is 2.30 bits per heavy atom. The van der Waals surface area contributed by atoms with Crippen LogP contribution in [0.25, 0.3) is 22.6 Å². The molecule has 230 valence electrons. The smallest absolute Gasteiger partial charge is 0.323 e. The number of aromatic nitrogens is 5. The van der Waals surface area contributed by atoms with E-state index in [9.17, 15) is 9.59 Å². The van der Waals surface area contributed by atoms with E-state index in [1.165, 1.54) is 6.42 Å². The van der Waals surface area contributed by atoms with Crippen LogP contribution >= 0.6 is 0 Å². The molecule has 4 heterocycles. The maximum absolute atomic E-state index is 12.7. The first-order valence-electron chi connectivity index (χ1n) is 15.3. The van der Waals surface area contributed by atoms with Gasteiger partial charge in [-0.15, -0.1) is 5.10 Å². The number of nitrogens with zero attached hydrogens (tertiary/aromatic N) is 7. The third-order valence-corrected chi connectivity index (χ3v) is 8.16. The van der Waals surface area contributed by atoms with Crippen LogP contribution in [0.3, 0.4) is 0 Å². The number of benzene rings is 2. The van der Waals surface area contributed by atoms with Gasteiger partial charge in [-0.2, -0.15) is 0 Å². The molecule has 44 heavy (non-hydrogen) atoms. The van der Waals surface area contributed by atoms with Crippen molar-refractivity contribution in [3.8, 4) is 11.4 Å². The molecule has 2 aliphatic heterocycles. The number of ether oxygens (including phenoxy) is 1. The van der Waals surface area contributed by atoms with E-state index in [1.807, 2.05) is 31.2 Å². The van der Waals surface area contributed by atoms with E-state index < -0.39 is 0 Å². The number of rotatable bonds is 9. The second-order valence-electron chi connectivity index (χ2n) is 10.9. The first-order chi connectivity index (χ1) is 21.5. The van der Waals surface area contributed by atoms with E-state index in [1.54, 1.807) is 28.9 Å². The summed E-state index contributed by atoms with van der Waals surface area (Å²) in [5.74, 6) is 1.19. The Morgan fingerprint density at radius 1 is 0.909 bits per heavy atom. The van der Waals surface area contributed by atoms with Gasteiger partial charge in [-0.25, -0.2) is 19.4 Å². The number of nitrogens with one attached hydrogen (secondary N) is 3. The summed E-state index contributed by atoms with van der Waals surface area (Å²) in [5, 5.41) is 17.3. The molecule has 0 bridgehead atoms. The summed E-state index contributed by atoms with van der Waals surface area (Å²) >= 11 is 0. The van der Waals surface area contributed by atoms with Gasteiger partial charge in [-0.3, -0.25) is 9.69 Å². The number of hydrogen-bond donors (Lipinski definition) is 3. The molecule has 6 rings (SSSR count). The maximum Gasteiger partial charge on any atom is 0.323 e. The van der Waals surface area contributed by atoms with Crippen LogP contribution < -0.4 is 20.9 Å². The molecule has 2 aliphatic rings. The van der Waals surface area contributed by atoms with E-state index in [-0.39, 0.29) is 11.9 Å². The first-order valence-corrected chi connectivity index (χ1v) is 15.3. The van der Waals surface area contributed by atoms with Crippen molar-refractivity contribution in [3.05, 3.63) is 54.1 Å². The van der Waals surface area contributed by atoms with E-state index in [0.29, 0.717) is 66.3 Å². The zero-order valence-corrected chi connectivity index (χ0v) is 25.1. The van der Waals surface area contributed by atoms with E-state index in [2.05, 4.69) is 43.0 Å². The van der Waals surface area contributed by atoms with Gasteiger partial charge in [0.1, 0.15) is 0 Å². The molecule has 1 unspecified atom stereocenters. The molecular weight excluding hydrogens is 560 g/mol. The second kappa shape index (κ2) is 13.3. The van der Waals surface area contributed by atoms with Gasteiger partial charge in [0.2, 0.25) is 0 Å². The van der Waals surface area contributed by atoms with Crippen molar-refractivity contribution in [2.24, 2.45) is 0 Å². The van der Waals surface area contributed by atoms with Gasteiger partial charge in [-0.1, -0.05) is 12.1 Å². The number of fused-ring (bicyclic) bond motifs is 1. The Balaban J connectivity index is 1.08. The van der Waals surface area contributed by atoms with Crippen LogP contribution in [0.1, 0.15) is 37.0 Å². The van der Waals surface area contributed by atoms with Gasteiger partial charge in [0, 0.05) is 54.7 Å². The van der Waals surface area contributed by atoms with Crippen LogP contribution in [-0.4, -0.2) is 93.8 Å². The van der Waals surface area contributed by atoms with Crippen molar-refractivity contribution in [1.82, 2.24) is 35.2 Å². The molecule has 13 nitrogen and oxygen atoms in total. The van der Waals surface area contributed by atoms with Crippen LogP contribution in [0.15, 0.2) is 48.5 Å². The molecule has 0 spiro atoms. The molecule has 0 aliphatic carbocycles. The van der Waals surface area contributed by atoms with Gasteiger partial charge >= 0.3 is 6.03 Å². The van der Waals surface area contributed by atoms with E-state index in [4.69, 9.17) is 14.7 Å². The number of hydrogen-bond acceptors (Lipinski definition) is 9. The van der Waals surface area contributed by atoms with Crippen LogP contribution in [0, 0.1) is 0 Å². The number of carbonyl (C=O) groups excluding carboxylic acids is 2. The van der Waals surface area contributed by atoms with Gasteiger partial charge in [0.25, 0.3) is 5.91 Å². The van der Waals surface area contributed by atoms with Crippen molar-refractivity contribution in [3.63, 3.8) is 0 Å². The number of likely N-dealkylation sites (N-methyl/N-ethyl adjacent to an activating group) is 1. The number of likely N-dealkylation sites (tertiary alicyclic amines) is 1. The molecule has 13 heteroatoms. The van der Waals surface area contributed by atoms with Crippen LogP contribution in [0.2, 0.25) is 0 Å². The lowest BCUT2D eigenvalue weighted by Crippen LogP contribution is -2.40. The third-order valence-electron chi connectivity index (χ3n) is 8.16. The number of aryl methyl sites for hydroxylation is 1. The minimum Gasteiger partial charge on any atom is -0.378 e. The van der Waals surface area contributed by atoms with Crippen molar-refractivity contribution < 1.29 is 14.3 Å². The summed E-state index contributed by atoms with van der Waals surface area (Å²) in [6.45, 7) is 10.2. The summed E-state index contributed by atoms with van der Waals surface area (Å²) in [6, 6.07) is 14.3. The van der Waals surface area contributed by atoms with Crippen molar-refractivity contribution >= 4 is 40.3 Å². The van der Waals surface area contributed by atoms with Gasteiger partial charge in [-0.05, 0) is 81.4 Å². The molecule has 1 atom stereocenters. The molecule has 2 aromatic heterocycles. The minimum absolute atomic E-state index is 0.111. The monoisotopic (exact) mass is 598 g/mol. The normalized spacial score (nSPS) is 17.1. The molecule has 2 fully saturated rings. The predicted molar refractivity (Wildman–Crippen MR) is 169 cm³/mol. The second-order valence-corrected chi connectivity index (χ2v) is 10.9. The van der Waals surface area contributed by atoms with Gasteiger partial charge < -0.3 is 25.6 Å². The lowest BCUT2D eigenvalue weighted by Gasteiger charge is -2.27. The molecule has 2 aromatic carbocycles. The largest absolute Gasteiger partial charge is 0.378 e. The fraction of sp³-hybridized carbons (Fsp3) is 0.419. The molecule has 4 aromatic rings. The van der Waals surface area contributed by atoms with E-state index >= 15 is 0 Å². The third kappa shape index (κ3) is 6.48. The minimum atomic E-state index is -0.388. The Morgan fingerprint density at radius 2 is 1.61 bits per heavy atom. The highest BCUT2D eigenvalue weighted by molar-refractivity contribution is 6.00. The molecule has 2 saturated heterocycles. The average Bonchev–Trinajstić information content (AvgIpc) is 3.71. The highest BCUT2D eigenvalue weighted by Gasteiger charge is 2.24. The first kappa shape index (κ1) is 29.5. The Labute approximate surface area is 256 Å². The highest BCUT2D eigenvalue weighted by atomic mass is 16.5. The summed E-state index contributed by atoms with van der Waals surface area (Å²) in [6.07, 6.45) is 2.28. The topological polar surface area (TPSA) is 142 Å². The Hall–Kier alpha value is -4.62. The molecular formula is C31H38N10O3. The number of morpholine rings is 1. The number of anilines is 3. The van der Waals surface area contributed by atoms with Crippen LogP contribution in [-0.2, 0) is 11.3 Å².